The van der Waals surface area contributed by atoms with Gasteiger partial charge in [-0.1, -0.05) is 31.5 Å². The van der Waals surface area contributed by atoms with Crippen molar-refractivity contribution in [3.05, 3.63) is 45.1 Å². The van der Waals surface area contributed by atoms with Gasteiger partial charge in [0.05, 0.1) is 10.6 Å². The molecule has 0 fully saturated rings. The second-order valence-electron chi connectivity index (χ2n) is 4.42. The van der Waals surface area contributed by atoms with E-state index < -0.39 is 4.92 Å². The Hall–Kier alpha value is -2.08. The summed E-state index contributed by atoms with van der Waals surface area (Å²) in [6.45, 7) is 3.66. The Morgan fingerprint density at radius 3 is 2.63 bits per heavy atom. The first kappa shape index (κ1) is 13.4. The molecule has 0 radical (unpaired) electrons. The van der Waals surface area contributed by atoms with E-state index in [-0.39, 0.29) is 17.4 Å². The topological polar surface area (TPSA) is 87.0 Å². The second kappa shape index (κ2) is 4.89. The Morgan fingerprint density at radius 1 is 1.47 bits per heavy atom. The number of anilines is 1. The number of nitrogen functional groups attached to an aromatic ring is 1. The molecule has 100 valence electrons. The molecule has 0 aliphatic rings. The molecule has 0 saturated heterocycles. The molecule has 0 saturated carbocycles. The van der Waals surface area contributed by atoms with Crippen molar-refractivity contribution in [2.75, 3.05) is 5.73 Å². The fourth-order valence-corrected chi connectivity index (χ4v) is 2.01. The lowest BCUT2D eigenvalue weighted by Gasteiger charge is -2.03. The van der Waals surface area contributed by atoms with Gasteiger partial charge < -0.3 is 5.73 Å². The lowest BCUT2D eigenvalue weighted by Crippen LogP contribution is -2.02. The van der Waals surface area contributed by atoms with Crippen molar-refractivity contribution >= 4 is 23.1 Å². The van der Waals surface area contributed by atoms with E-state index in [4.69, 9.17) is 17.3 Å². The average Bonchev–Trinajstić information content (AvgIpc) is 2.67. The molecule has 19 heavy (non-hydrogen) atoms. The summed E-state index contributed by atoms with van der Waals surface area (Å²) < 4.78 is 1.35. The van der Waals surface area contributed by atoms with Gasteiger partial charge >= 0.3 is 5.69 Å². The number of nitrogens with two attached hydrogens (primary N) is 1. The van der Waals surface area contributed by atoms with E-state index in [2.05, 4.69) is 5.10 Å². The summed E-state index contributed by atoms with van der Waals surface area (Å²) in [6.07, 6.45) is 0. The Morgan fingerprint density at radius 2 is 2.16 bits per heavy atom. The third kappa shape index (κ3) is 2.39. The minimum Gasteiger partial charge on any atom is -0.378 e. The van der Waals surface area contributed by atoms with E-state index in [1.54, 1.807) is 24.3 Å². The van der Waals surface area contributed by atoms with Crippen molar-refractivity contribution in [2.24, 2.45) is 0 Å². The highest BCUT2D eigenvalue weighted by molar-refractivity contribution is 6.30. The lowest BCUT2D eigenvalue weighted by atomic mass is 10.1. The van der Waals surface area contributed by atoms with E-state index in [0.717, 1.165) is 0 Å². The van der Waals surface area contributed by atoms with Crippen LogP contribution in [0.5, 0.6) is 0 Å². The van der Waals surface area contributed by atoms with Crippen molar-refractivity contribution in [2.45, 2.75) is 19.8 Å². The first-order valence-electron chi connectivity index (χ1n) is 5.70. The number of nitrogens with zero attached hydrogens (tertiary/aromatic N) is 3. The largest absolute Gasteiger partial charge is 0.378 e. The second-order valence-corrected chi connectivity index (χ2v) is 4.86. The van der Waals surface area contributed by atoms with Crippen LogP contribution in [-0.2, 0) is 0 Å². The zero-order valence-corrected chi connectivity index (χ0v) is 11.3. The van der Waals surface area contributed by atoms with Crippen molar-refractivity contribution in [1.29, 1.82) is 0 Å². The molecule has 2 N–H and O–H groups in total. The van der Waals surface area contributed by atoms with Crippen LogP contribution in [-0.4, -0.2) is 14.7 Å². The van der Waals surface area contributed by atoms with Crippen LogP contribution in [0.25, 0.3) is 5.69 Å². The van der Waals surface area contributed by atoms with E-state index in [1.165, 1.54) is 4.68 Å². The van der Waals surface area contributed by atoms with Crippen LogP contribution in [0.2, 0.25) is 5.02 Å². The molecule has 0 atom stereocenters. The van der Waals surface area contributed by atoms with Gasteiger partial charge in [-0.3, -0.25) is 10.1 Å². The van der Waals surface area contributed by atoms with Gasteiger partial charge in [0, 0.05) is 10.9 Å². The highest BCUT2D eigenvalue weighted by Crippen LogP contribution is 2.33. The molecule has 7 heteroatoms. The smallest absolute Gasteiger partial charge is 0.334 e. The third-order valence-electron chi connectivity index (χ3n) is 2.70. The van der Waals surface area contributed by atoms with Crippen molar-refractivity contribution in [3.8, 4) is 5.69 Å². The Labute approximate surface area is 114 Å². The Bertz CT molecular complexity index is 637. The molecule has 0 amide bonds. The van der Waals surface area contributed by atoms with Gasteiger partial charge in [-0.15, -0.1) is 0 Å². The lowest BCUT2D eigenvalue weighted by molar-refractivity contribution is -0.384. The van der Waals surface area contributed by atoms with Crippen LogP contribution in [0.1, 0.15) is 25.5 Å². The molecule has 6 nitrogen and oxygen atoms in total. The number of rotatable bonds is 3. The fraction of sp³-hybridized carbons (Fsp3) is 0.250. The maximum absolute atomic E-state index is 11.1. The van der Waals surface area contributed by atoms with Gasteiger partial charge in [-0.05, 0) is 18.2 Å². The fourth-order valence-electron chi connectivity index (χ4n) is 1.82. The molecular formula is C12H13ClN4O2. The van der Waals surface area contributed by atoms with Gasteiger partial charge in [0.1, 0.15) is 5.69 Å². The molecule has 1 heterocycles. The van der Waals surface area contributed by atoms with E-state index in [9.17, 15) is 10.1 Å². The number of hydrogen-bond acceptors (Lipinski definition) is 4. The van der Waals surface area contributed by atoms with Crippen molar-refractivity contribution in [1.82, 2.24) is 9.78 Å². The third-order valence-corrected chi connectivity index (χ3v) is 2.94. The molecule has 0 unspecified atom stereocenters. The summed E-state index contributed by atoms with van der Waals surface area (Å²) >= 11 is 5.90. The molecule has 1 aromatic heterocycles. The normalized spacial score (nSPS) is 10.9. The van der Waals surface area contributed by atoms with Crippen molar-refractivity contribution < 1.29 is 4.92 Å². The standard InChI is InChI=1S/C12H13ClN4O2/c1-7(2)10-11(17(18)19)12(14)16(15-10)9-5-3-4-8(13)6-9/h3-7H,14H2,1-2H3. The van der Waals surface area contributed by atoms with E-state index >= 15 is 0 Å². The predicted molar refractivity (Wildman–Crippen MR) is 73.7 cm³/mol. The van der Waals surface area contributed by atoms with Crippen molar-refractivity contribution in [3.63, 3.8) is 0 Å². The van der Waals surface area contributed by atoms with Crippen LogP contribution in [0.3, 0.4) is 0 Å². The van der Waals surface area contributed by atoms with Crippen LogP contribution < -0.4 is 5.73 Å². The minimum atomic E-state index is -0.501. The number of aromatic nitrogens is 2. The zero-order chi connectivity index (χ0) is 14.2. The zero-order valence-electron chi connectivity index (χ0n) is 10.5. The van der Waals surface area contributed by atoms with Gasteiger partial charge in [-0.2, -0.15) is 5.10 Å². The van der Waals surface area contributed by atoms with Crippen LogP contribution >= 0.6 is 11.6 Å². The molecule has 2 rings (SSSR count). The maximum Gasteiger partial charge on any atom is 0.334 e. The number of hydrogen-bond donors (Lipinski definition) is 1. The predicted octanol–water partition coefficient (Wildman–Crippen LogP) is 3.14. The maximum atomic E-state index is 11.1. The molecule has 1 aromatic carbocycles. The van der Waals surface area contributed by atoms with Crippen LogP contribution in [0, 0.1) is 10.1 Å². The number of benzene rings is 1. The monoisotopic (exact) mass is 280 g/mol. The minimum absolute atomic E-state index is 0.0102. The van der Waals surface area contributed by atoms with Crippen LogP contribution in [0.15, 0.2) is 24.3 Å². The van der Waals surface area contributed by atoms with E-state index in [1.807, 2.05) is 13.8 Å². The highest BCUT2D eigenvalue weighted by atomic mass is 35.5. The van der Waals surface area contributed by atoms with Gasteiger partial charge in [0.2, 0.25) is 5.82 Å². The van der Waals surface area contributed by atoms with Gasteiger partial charge in [0.25, 0.3) is 0 Å². The first-order chi connectivity index (χ1) is 8.91. The summed E-state index contributed by atoms with van der Waals surface area (Å²) in [5.41, 5.74) is 6.66. The summed E-state index contributed by atoms with van der Waals surface area (Å²) in [6, 6.07) is 6.84. The molecule has 0 aliphatic heterocycles. The number of nitro groups is 1. The first-order valence-corrected chi connectivity index (χ1v) is 6.08. The quantitative estimate of drug-likeness (QED) is 0.691. The summed E-state index contributed by atoms with van der Waals surface area (Å²) in [4.78, 5) is 10.6. The Kier molecular flexibility index (Phi) is 3.44. The summed E-state index contributed by atoms with van der Waals surface area (Å²) in [5, 5.41) is 15.9. The van der Waals surface area contributed by atoms with Gasteiger partial charge in [0.15, 0.2) is 0 Å². The molecule has 0 spiro atoms. The summed E-state index contributed by atoms with van der Waals surface area (Å²) in [5.74, 6) is -0.0842. The highest BCUT2D eigenvalue weighted by Gasteiger charge is 2.28. The van der Waals surface area contributed by atoms with Crippen LogP contribution in [0.4, 0.5) is 11.5 Å². The average molecular weight is 281 g/mol. The molecular weight excluding hydrogens is 268 g/mol. The SMILES string of the molecule is CC(C)c1nn(-c2cccc(Cl)c2)c(N)c1[N+](=O)[O-]. The van der Waals surface area contributed by atoms with E-state index in [0.29, 0.717) is 16.4 Å². The summed E-state index contributed by atoms with van der Waals surface area (Å²) in [7, 11) is 0. The molecule has 2 aromatic rings. The number of halogens is 1. The molecule has 0 aliphatic carbocycles. The Balaban J connectivity index is 2.66. The van der Waals surface area contributed by atoms with Gasteiger partial charge in [-0.25, -0.2) is 4.68 Å². The molecule has 0 bridgehead atoms.